The predicted molar refractivity (Wildman–Crippen MR) is 67.3 cm³/mol. The molecule has 0 saturated heterocycles. The normalized spacial score (nSPS) is 14.0. The van der Waals surface area contributed by atoms with E-state index >= 15 is 0 Å². The molecule has 0 fully saturated rings. The molecule has 1 aromatic heterocycles. The second-order valence-corrected chi connectivity index (χ2v) is 5.16. The largest absolute Gasteiger partial charge is 0.383 e. The third-order valence-corrected chi connectivity index (χ3v) is 2.89. The topological polar surface area (TPSA) is 111 Å². The Hall–Kier alpha value is -1.70. The number of hydrogen-bond donors (Lipinski definition) is 2. The standard InChI is InChI=1S/C9H14N4O3S/c1-6(5-17(2)16)11-9-4-7(13(14)15)3-8(10)12-9/h3-4,6H,5H2,1-2H3,(H3,10,11,12). The molecular formula is C9H14N4O3S. The van der Waals surface area contributed by atoms with Crippen molar-refractivity contribution in [1.29, 1.82) is 0 Å². The number of hydrogen-bond acceptors (Lipinski definition) is 6. The summed E-state index contributed by atoms with van der Waals surface area (Å²) >= 11 is 0. The number of nitrogens with zero attached hydrogens (tertiary/aromatic N) is 2. The fraction of sp³-hybridized carbons (Fsp3) is 0.444. The van der Waals surface area contributed by atoms with E-state index in [4.69, 9.17) is 5.73 Å². The van der Waals surface area contributed by atoms with Crippen molar-refractivity contribution in [3.8, 4) is 0 Å². The zero-order valence-electron chi connectivity index (χ0n) is 9.54. The van der Waals surface area contributed by atoms with Crippen molar-refractivity contribution >= 4 is 28.1 Å². The fourth-order valence-corrected chi connectivity index (χ4v) is 2.15. The van der Waals surface area contributed by atoms with Crippen LogP contribution >= 0.6 is 0 Å². The Morgan fingerprint density at radius 1 is 1.65 bits per heavy atom. The highest BCUT2D eigenvalue weighted by Crippen LogP contribution is 2.19. The molecule has 0 spiro atoms. The molecule has 1 rings (SSSR count). The first kappa shape index (κ1) is 13.4. The van der Waals surface area contributed by atoms with E-state index in [0.717, 1.165) is 0 Å². The van der Waals surface area contributed by atoms with Crippen molar-refractivity contribution in [2.24, 2.45) is 0 Å². The summed E-state index contributed by atoms with van der Waals surface area (Å²) in [6.45, 7) is 1.82. The van der Waals surface area contributed by atoms with Crippen LogP contribution in [-0.4, -0.2) is 32.2 Å². The summed E-state index contributed by atoms with van der Waals surface area (Å²) in [5.74, 6) is 0.825. The van der Waals surface area contributed by atoms with Gasteiger partial charge in [-0.15, -0.1) is 0 Å². The van der Waals surface area contributed by atoms with Crippen LogP contribution in [0.5, 0.6) is 0 Å². The third kappa shape index (κ3) is 4.35. The maximum atomic E-state index is 11.0. The molecule has 3 N–H and O–H groups in total. The van der Waals surface area contributed by atoms with E-state index in [-0.39, 0.29) is 17.5 Å². The fourth-order valence-electron chi connectivity index (χ4n) is 1.36. The highest BCUT2D eigenvalue weighted by atomic mass is 32.2. The second-order valence-electron chi connectivity index (χ2n) is 3.68. The number of rotatable bonds is 5. The summed E-state index contributed by atoms with van der Waals surface area (Å²) in [4.78, 5) is 14.0. The van der Waals surface area contributed by atoms with Gasteiger partial charge in [0, 0.05) is 28.9 Å². The maximum absolute atomic E-state index is 11.0. The SMILES string of the molecule is CC(CS(C)=O)Nc1cc([N+](=O)[O-])cc(N)n1. The van der Waals surface area contributed by atoms with Gasteiger partial charge in [0.2, 0.25) is 0 Å². The Bertz CT molecular complexity index is 452. The van der Waals surface area contributed by atoms with Crippen molar-refractivity contribution in [2.75, 3.05) is 23.1 Å². The first-order valence-electron chi connectivity index (χ1n) is 4.87. The molecule has 0 amide bonds. The van der Waals surface area contributed by atoms with Crippen LogP contribution in [0.25, 0.3) is 0 Å². The summed E-state index contributed by atoms with van der Waals surface area (Å²) in [7, 11) is -0.944. The van der Waals surface area contributed by atoms with Crippen LogP contribution in [-0.2, 0) is 10.8 Å². The number of nitro groups is 1. The van der Waals surface area contributed by atoms with Crippen LogP contribution in [0.4, 0.5) is 17.3 Å². The van der Waals surface area contributed by atoms with Gasteiger partial charge in [0.15, 0.2) is 0 Å². The van der Waals surface area contributed by atoms with Crippen LogP contribution < -0.4 is 11.1 Å². The Labute approximate surface area is 101 Å². The first-order valence-corrected chi connectivity index (χ1v) is 6.59. The molecule has 0 saturated carbocycles. The maximum Gasteiger partial charge on any atom is 0.276 e. The summed E-state index contributed by atoms with van der Waals surface area (Å²) in [5, 5.41) is 13.5. The number of nitrogens with one attached hydrogen (secondary N) is 1. The summed E-state index contributed by atoms with van der Waals surface area (Å²) in [5.41, 5.74) is 5.34. The summed E-state index contributed by atoms with van der Waals surface area (Å²) < 4.78 is 11.0. The molecule has 17 heavy (non-hydrogen) atoms. The average molecular weight is 258 g/mol. The van der Waals surface area contributed by atoms with E-state index in [1.807, 2.05) is 6.92 Å². The smallest absolute Gasteiger partial charge is 0.276 e. The lowest BCUT2D eigenvalue weighted by Crippen LogP contribution is -2.23. The average Bonchev–Trinajstić information content (AvgIpc) is 2.14. The van der Waals surface area contributed by atoms with Crippen molar-refractivity contribution in [2.45, 2.75) is 13.0 Å². The molecule has 0 aliphatic heterocycles. The van der Waals surface area contributed by atoms with Crippen molar-refractivity contribution in [3.05, 3.63) is 22.2 Å². The Morgan fingerprint density at radius 3 is 2.82 bits per heavy atom. The molecule has 8 heteroatoms. The van der Waals surface area contributed by atoms with Gasteiger partial charge in [-0.25, -0.2) is 4.98 Å². The van der Waals surface area contributed by atoms with Gasteiger partial charge in [0.05, 0.1) is 17.1 Å². The Kier molecular flexibility index (Phi) is 4.38. The number of nitrogens with two attached hydrogens (primary N) is 1. The lowest BCUT2D eigenvalue weighted by atomic mass is 10.3. The van der Waals surface area contributed by atoms with E-state index in [9.17, 15) is 14.3 Å². The van der Waals surface area contributed by atoms with Crippen molar-refractivity contribution in [1.82, 2.24) is 4.98 Å². The number of anilines is 2. The molecule has 0 aliphatic carbocycles. The minimum absolute atomic E-state index is 0.0755. The summed E-state index contributed by atoms with van der Waals surface area (Å²) in [6, 6.07) is 2.38. The van der Waals surface area contributed by atoms with Crippen LogP contribution in [0.1, 0.15) is 6.92 Å². The van der Waals surface area contributed by atoms with E-state index < -0.39 is 15.7 Å². The van der Waals surface area contributed by atoms with Crippen molar-refractivity contribution < 1.29 is 9.13 Å². The van der Waals surface area contributed by atoms with Crippen LogP contribution in [0, 0.1) is 10.1 Å². The molecule has 2 atom stereocenters. The van der Waals surface area contributed by atoms with Gasteiger partial charge < -0.3 is 11.1 Å². The molecule has 1 heterocycles. The quantitative estimate of drug-likeness (QED) is 0.595. The van der Waals surface area contributed by atoms with Gasteiger partial charge in [-0.3, -0.25) is 14.3 Å². The Morgan fingerprint density at radius 2 is 2.29 bits per heavy atom. The monoisotopic (exact) mass is 258 g/mol. The molecule has 2 unspecified atom stereocenters. The van der Waals surface area contributed by atoms with Crippen molar-refractivity contribution in [3.63, 3.8) is 0 Å². The molecular weight excluding hydrogens is 244 g/mol. The molecule has 0 aliphatic rings. The lowest BCUT2D eigenvalue weighted by molar-refractivity contribution is -0.384. The van der Waals surface area contributed by atoms with Crippen LogP contribution in [0.15, 0.2) is 12.1 Å². The van der Waals surface area contributed by atoms with Gasteiger partial charge >= 0.3 is 0 Å². The van der Waals surface area contributed by atoms with Gasteiger partial charge in [-0.2, -0.15) is 0 Å². The van der Waals surface area contributed by atoms with Gasteiger partial charge in [0.1, 0.15) is 11.6 Å². The lowest BCUT2D eigenvalue weighted by Gasteiger charge is -2.12. The predicted octanol–water partition coefficient (Wildman–Crippen LogP) is 0.751. The Balaban J connectivity index is 2.84. The highest BCUT2D eigenvalue weighted by Gasteiger charge is 2.12. The highest BCUT2D eigenvalue weighted by molar-refractivity contribution is 7.84. The zero-order chi connectivity index (χ0) is 13.0. The van der Waals surface area contributed by atoms with Gasteiger partial charge in [0.25, 0.3) is 5.69 Å². The number of pyridine rings is 1. The minimum Gasteiger partial charge on any atom is -0.383 e. The van der Waals surface area contributed by atoms with Gasteiger partial charge in [-0.1, -0.05) is 0 Å². The second kappa shape index (κ2) is 5.58. The summed E-state index contributed by atoms with van der Waals surface area (Å²) in [6.07, 6.45) is 1.59. The molecule has 0 radical (unpaired) electrons. The number of aromatic nitrogens is 1. The van der Waals surface area contributed by atoms with Crippen LogP contribution in [0.3, 0.4) is 0 Å². The first-order chi connectivity index (χ1) is 7.88. The van der Waals surface area contributed by atoms with Crippen LogP contribution in [0.2, 0.25) is 0 Å². The number of nitrogen functional groups attached to an aromatic ring is 1. The van der Waals surface area contributed by atoms with E-state index in [1.54, 1.807) is 6.26 Å². The minimum atomic E-state index is -0.944. The zero-order valence-corrected chi connectivity index (χ0v) is 10.4. The van der Waals surface area contributed by atoms with E-state index in [0.29, 0.717) is 11.6 Å². The third-order valence-electron chi connectivity index (χ3n) is 1.92. The molecule has 7 nitrogen and oxygen atoms in total. The van der Waals surface area contributed by atoms with E-state index in [1.165, 1.54) is 12.1 Å². The van der Waals surface area contributed by atoms with E-state index in [2.05, 4.69) is 10.3 Å². The molecule has 94 valence electrons. The van der Waals surface area contributed by atoms with Gasteiger partial charge in [-0.05, 0) is 6.92 Å². The molecule has 0 aromatic carbocycles. The molecule has 1 aromatic rings. The molecule has 0 bridgehead atoms.